The van der Waals surface area contributed by atoms with Crippen LogP contribution < -0.4 is 5.32 Å². The number of hydrogen-bond acceptors (Lipinski definition) is 3. The summed E-state index contributed by atoms with van der Waals surface area (Å²) >= 11 is 0. The first-order valence-electron chi connectivity index (χ1n) is 7.27. The lowest BCUT2D eigenvalue weighted by Crippen LogP contribution is -2.34. The molecule has 0 aliphatic carbocycles. The van der Waals surface area contributed by atoms with Crippen molar-refractivity contribution in [3.63, 3.8) is 0 Å². The summed E-state index contributed by atoms with van der Waals surface area (Å²) in [5.74, 6) is 1.66. The lowest BCUT2D eigenvalue weighted by Gasteiger charge is -2.28. The molecule has 3 heteroatoms. The van der Waals surface area contributed by atoms with Gasteiger partial charge in [0.2, 0.25) is 0 Å². The molecule has 2 atom stereocenters. The number of rotatable bonds is 6. The summed E-state index contributed by atoms with van der Waals surface area (Å²) in [6.45, 7) is 7.19. The van der Waals surface area contributed by atoms with Crippen molar-refractivity contribution in [1.29, 1.82) is 0 Å². The maximum Gasteiger partial charge on any atom is 0.0495 e. The van der Waals surface area contributed by atoms with E-state index in [1.807, 2.05) is 0 Å². The van der Waals surface area contributed by atoms with E-state index in [0.29, 0.717) is 6.04 Å². The van der Waals surface area contributed by atoms with E-state index < -0.39 is 0 Å². The highest BCUT2D eigenvalue weighted by atomic mass is 16.5. The van der Waals surface area contributed by atoms with E-state index >= 15 is 0 Å². The molecule has 3 nitrogen and oxygen atoms in total. The maximum atomic E-state index is 5.48. The molecule has 1 N–H and O–H groups in total. The molecule has 100 valence electrons. The molecule has 0 aromatic rings. The first kappa shape index (κ1) is 13.3. The fraction of sp³-hybridized carbons (Fsp3) is 1.00. The Morgan fingerprint density at radius 2 is 1.65 bits per heavy atom. The molecule has 2 heterocycles. The predicted octanol–water partition coefficient (Wildman–Crippen LogP) is 2.21. The van der Waals surface area contributed by atoms with Crippen LogP contribution in [0.15, 0.2) is 0 Å². The van der Waals surface area contributed by atoms with Crippen LogP contribution in [-0.2, 0) is 9.47 Å². The second-order valence-electron chi connectivity index (χ2n) is 5.51. The van der Waals surface area contributed by atoms with E-state index in [9.17, 15) is 0 Å². The normalized spacial score (nSPS) is 28.4. The van der Waals surface area contributed by atoms with Crippen LogP contribution in [0.1, 0.15) is 39.0 Å². The lowest BCUT2D eigenvalue weighted by molar-refractivity contribution is 0.0594. The van der Waals surface area contributed by atoms with Gasteiger partial charge in [-0.3, -0.25) is 0 Å². The molecule has 2 rings (SSSR count). The van der Waals surface area contributed by atoms with Crippen LogP contribution in [0.2, 0.25) is 0 Å². The molecule has 0 aromatic carbocycles. The van der Waals surface area contributed by atoms with Gasteiger partial charge in [-0.2, -0.15) is 0 Å². The molecule has 2 unspecified atom stereocenters. The fourth-order valence-electron chi connectivity index (χ4n) is 3.11. The highest BCUT2D eigenvalue weighted by Gasteiger charge is 2.23. The zero-order valence-electron chi connectivity index (χ0n) is 11.1. The summed E-state index contributed by atoms with van der Waals surface area (Å²) < 4.78 is 10.9. The maximum absolute atomic E-state index is 5.48. The Bertz CT molecular complexity index is 198. The molecular weight excluding hydrogens is 214 g/mol. The van der Waals surface area contributed by atoms with Crippen LogP contribution in [-0.4, -0.2) is 39.0 Å². The molecule has 2 aliphatic rings. The number of hydrogen-bond donors (Lipinski definition) is 1. The van der Waals surface area contributed by atoms with Crippen LogP contribution in [0.3, 0.4) is 0 Å². The van der Waals surface area contributed by atoms with Gasteiger partial charge in [0.15, 0.2) is 0 Å². The fourth-order valence-corrected chi connectivity index (χ4v) is 3.11. The summed E-state index contributed by atoms with van der Waals surface area (Å²) in [6.07, 6.45) is 6.39. The second kappa shape index (κ2) is 7.34. The Kier molecular flexibility index (Phi) is 5.75. The summed E-state index contributed by atoms with van der Waals surface area (Å²) in [6, 6.07) is 0.690. The largest absolute Gasteiger partial charge is 0.381 e. The molecule has 2 saturated heterocycles. The number of ether oxygens (including phenoxy) is 2. The van der Waals surface area contributed by atoms with Crippen molar-refractivity contribution in [2.24, 2.45) is 11.8 Å². The van der Waals surface area contributed by atoms with Gasteiger partial charge in [-0.1, -0.05) is 6.92 Å². The molecular formula is C14H27NO2. The minimum absolute atomic E-state index is 0.690. The summed E-state index contributed by atoms with van der Waals surface area (Å²) in [4.78, 5) is 0. The third-order valence-electron chi connectivity index (χ3n) is 4.09. The first-order valence-corrected chi connectivity index (χ1v) is 7.27. The van der Waals surface area contributed by atoms with Crippen molar-refractivity contribution >= 4 is 0 Å². The average molecular weight is 241 g/mol. The van der Waals surface area contributed by atoms with Gasteiger partial charge in [-0.05, 0) is 50.5 Å². The standard InChI is InChI=1S/C14H27NO2/c1-2-15-14(10-13-5-8-17-11-13)9-12-3-6-16-7-4-12/h12-15H,2-11H2,1H3. The number of nitrogens with one attached hydrogen (secondary N) is 1. The SMILES string of the molecule is CCNC(CC1CCOCC1)CC1CCOC1. The van der Waals surface area contributed by atoms with Crippen molar-refractivity contribution in [1.82, 2.24) is 5.32 Å². The van der Waals surface area contributed by atoms with Crippen LogP contribution >= 0.6 is 0 Å². The van der Waals surface area contributed by atoms with Gasteiger partial charge >= 0.3 is 0 Å². The van der Waals surface area contributed by atoms with Gasteiger partial charge in [-0.25, -0.2) is 0 Å². The van der Waals surface area contributed by atoms with E-state index in [-0.39, 0.29) is 0 Å². The summed E-state index contributed by atoms with van der Waals surface area (Å²) in [7, 11) is 0. The van der Waals surface area contributed by atoms with Gasteiger partial charge in [0, 0.05) is 32.5 Å². The molecule has 0 bridgehead atoms. The zero-order valence-corrected chi connectivity index (χ0v) is 11.1. The van der Waals surface area contributed by atoms with Gasteiger partial charge in [-0.15, -0.1) is 0 Å². The molecule has 17 heavy (non-hydrogen) atoms. The van der Waals surface area contributed by atoms with Crippen LogP contribution in [0.5, 0.6) is 0 Å². The second-order valence-corrected chi connectivity index (χ2v) is 5.51. The third-order valence-corrected chi connectivity index (χ3v) is 4.09. The first-order chi connectivity index (χ1) is 8.38. The summed E-state index contributed by atoms with van der Waals surface area (Å²) in [5, 5.41) is 3.66. The zero-order chi connectivity index (χ0) is 11.9. The summed E-state index contributed by atoms with van der Waals surface area (Å²) in [5.41, 5.74) is 0. The van der Waals surface area contributed by atoms with Gasteiger partial charge < -0.3 is 14.8 Å². The quantitative estimate of drug-likeness (QED) is 0.773. The van der Waals surface area contributed by atoms with E-state index in [0.717, 1.165) is 44.8 Å². The Morgan fingerprint density at radius 1 is 1.00 bits per heavy atom. The highest BCUT2D eigenvalue weighted by Crippen LogP contribution is 2.25. The van der Waals surface area contributed by atoms with E-state index in [2.05, 4.69) is 12.2 Å². The molecule has 0 amide bonds. The molecule has 0 aromatic heterocycles. The van der Waals surface area contributed by atoms with Gasteiger partial charge in [0.1, 0.15) is 0 Å². The Balaban J connectivity index is 1.74. The van der Waals surface area contributed by atoms with Crippen LogP contribution in [0.4, 0.5) is 0 Å². The smallest absolute Gasteiger partial charge is 0.0495 e. The Labute approximate surface area is 105 Å². The molecule has 0 saturated carbocycles. The molecule has 2 aliphatic heterocycles. The molecule has 2 fully saturated rings. The minimum atomic E-state index is 0.690. The van der Waals surface area contributed by atoms with Crippen molar-refractivity contribution < 1.29 is 9.47 Å². The van der Waals surface area contributed by atoms with Crippen molar-refractivity contribution in [2.75, 3.05) is 33.0 Å². The van der Waals surface area contributed by atoms with Crippen molar-refractivity contribution in [3.8, 4) is 0 Å². The topological polar surface area (TPSA) is 30.5 Å². The minimum Gasteiger partial charge on any atom is -0.381 e. The highest BCUT2D eigenvalue weighted by molar-refractivity contribution is 4.78. The average Bonchev–Trinajstić information content (AvgIpc) is 2.83. The molecule has 0 spiro atoms. The predicted molar refractivity (Wildman–Crippen MR) is 69.2 cm³/mol. The Hall–Kier alpha value is -0.120. The monoisotopic (exact) mass is 241 g/mol. The van der Waals surface area contributed by atoms with Gasteiger partial charge in [0.25, 0.3) is 0 Å². The van der Waals surface area contributed by atoms with E-state index in [1.54, 1.807) is 0 Å². The third kappa shape index (κ3) is 4.57. The Morgan fingerprint density at radius 3 is 2.29 bits per heavy atom. The lowest BCUT2D eigenvalue weighted by atomic mass is 9.88. The molecule has 0 radical (unpaired) electrons. The van der Waals surface area contributed by atoms with Gasteiger partial charge in [0.05, 0.1) is 0 Å². The van der Waals surface area contributed by atoms with E-state index in [4.69, 9.17) is 9.47 Å². The van der Waals surface area contributed by atoms with Crippen LogP contribution in [0, 0.1) is 11.8 Å². The van der Waals surface area contributed by atoms with Crippen molar-refractivity contribution in [2.45, 2.75) is 45.1 Å². The van der Waals surface area contributed by atoms with Crippen LogP contribution in [0.25, 0.3) is 0 Å². The van der Waals surface area contributed by atoms with Crippen molar-refractivity contribution in [3.05, 3.63) is 0 Å². The van der Waals surface area contributed by atoms with E-state index in [1.165, 1.54) is 32.1 Å².